The van der Waals surface area contributed by atoms with Gasteiger partial charge >= 0.3 is 5.97 Å². The van der Waals surface area contributed by atoms with E-state index in [1.165, 1.54) is 0 Å². The van der Waals surface area contributed by atoms with E-state index < -0.39 is 11.8 Å². The fraction of sp³-hybridized carbons (Fsp3) is 0.700. The van der Waals surface area contributed by atoms with Crippen LogP contribution in [0.4, 0.5) is 0 Å². The molecule has 0 saturated heterocycles. The molecule has 0 radical (unpaired) electrons. The Labute approximate surface area is 89.6 Å². The molecule has 1 unspecified atom stereocenters. The first kappa shape index (κ1) is 14.1. The molecule has 0 amide bonds. The van der Waals surface area contributed by atoms with Crippen LogP contribution in [0.15, 0.2) is 12.7 Å². The average Bonchev–Trinajstić information content (AvgIpc) is 2.18. The molecule has 0 saturated carbocycles. The molecule has 88 valence electrons. The predicted molar refractivity (Wildman–Crippen MR) is 54.2 cm³/mol. The van der Waals surface area contributed by atoms with Crippen molar-refractivity contribution in [2.45, 2.75) is 19.6 Å². The van der Waals surface area contributed by atoms with Gasteiger partial charge in [0.2, 0.25) is 5.79 Å². The molecule has 1 atom stereocenters. The lowest BCUT2D eigenvalue weighted by molar-refractivity contribution is -0.238. The topological polar surface area (TPSA) is 65.0 Å². The highest BCUT2D eigenvalue weighted by molar-refractivity contribution is 5.81. The summed E-state index contributed by atoms with van der Waals surface area (Å²) in [5.74, 6) is -1.70. The van der Waals surface area contributed by atoms with Gasteiger partial charge in [0.25, 0.3) is 0 Å². The van der Waals surface area contributed by atoms with Crippen molar-refractivity contribution in [1.82, 2.24) is 0 Å². The first-order valence-corrected chi connectivity index (χ1v) is 4.76. The van der Waals surface area contributed by atoms with Crippen LogP contribution in [0.25, 0.3) is 0 Å². The Hall–Kier alpha value is -0.910. The minimum absolute atomic E-state index is 0.0704. The molecule has 0 fully saturated rings. The molecule has 0 aliphatic heterocycles. The summed E-state index contributed by atoms with van der Waals surface area (Å²) in [4.78, 5) is 11.0. The molecule has 0 bridgehead atoms. The van der Waals surface area contributed by atoms with Crippen LogP contribution in [-0.4, -0.2) is 43.3 Å². The third-order valence-electron chi connectivity index (χ3n) is 1.53. The summed E-state index contributed by atoms with van der Waals surface area (Å²) in [6.07, 6.45) is 1.06. The molecular weight excluding hydrogens is 200 g/mol. The fourth-order valence-electron chi connectivity index (χ4n) is 0.982. The molecule has 5 nitrogen and oxygen atoms in total. The van der Waals surface area contributed by atoms with Crippen LogP contribution in [0.2, 0.25) is 0 Å². The van der Waals surface area contributed by atoms with Crippen LogP contribution >= 0.6 is 0 Å². The van der Waals surface area contributed by atoms with Gasteiger partial charge in [-0.05, 0) is 6.92 Å². The van der Waals surface area contributed by atoms with Gasteiger partial charge in [0.15, 0.2) is 0 Å². The maximum atomic E-state index is 11.0. The summed E-state index contributed by atoms with van der Waals surface area (Å²) in [6, 6.07) is 0. The van der Waals surface area contributed by atoms with Gasteiger partial charge in [0, 0.05) is 19.6 Å². The average molecular weight is 218 g/mol. The molecular formula is C10H18O5. The van der Waals surface area contributed by atoms with E-state index in [-0.39, 0.29) is 19.8 Å². The number of carbonyl (C=O) groups is 1. The van der Waals surface area contributed by atoms with E-state index in [0.717, 1.165) is 6.08 Å². The maximum absolute atomic E-state index is 11.0. The van der Waals surface area contributed by atoms with E-state index in [1.54, 1.807) is 13.8 Å². The second-order valence-corrected chi connectivity index (χ2v) is 2.97. The summed E-state index contributed by atoms with van der Waals surface area (Å²) in [5, 5.41) is 8.53. The minimum atomic E-state index is -1.13. The number of ether oxygens (including phenoxy) is 3. The number of rotatable bonds is 8. The van der Waals surface area contributed by atoms with Gasteiger partial charge in [0.1, 0.15) is 6.61 Å². The second kappa shape index (κ2) is 7.39. The van der Waals surface area contributed by atoms with Gasteiger partial charge in [-0.1, -0.05) is 6.58 Å². The fourth-order valence-corrected chi connectivity index (χ4v) is 0.982. The highest BCUT2D eigenvalue weighted by Crippen LogP contribution is 2.13. The van der Waals surface area contributed by atoms with Gasteiger partial charge in [0.05, 0.1) is 13.2 Å². The summed E-state index contributed by atoms with van der Waals surface area (Å²) in [5.41, 5.74) is 0. The zero-order chi connectivity index (χ0) is 11.7. The number of esters is 1. The first-order valence-electron chi connectivity index (χ1n) is 4.76. The van der Waals surface area contributed by atoms with Crippen LogP contribution in [-0.2, 0) is 19.0 Å². The van der Waals surface area contributed by atoms with Crippen molar-refractivity contribution in [2.75, 3.05) is 26.4 Å². The maximum Gasteiger partial charge on any atom is 0.332 e. The van der Waals surface area contributed by atoms with Gasteiger partial charge in [-0.15, -0.1) is 0 Å². The van der Waals surface area contributed by atoms with Crippen LogP contribution in [0.5, 0.6) is 0 Å². The minimum Gasteiger partial charge on any atom is -0.428 e. The monoisotopic (exact) mass is 218 g/mol. The van der Waals surface area contributed by atoms with Gasteiger partial charge in [-0.3, -0.25) is 0 Å². The third-order valence-corrected chi connectivity index (χ3v) is 1.53. The van der Waals surface area contributed by atoms with E-state index in [9.17, 15) is 4.79 Å². The quantitative estimate of drug-likeness (QED) is 0.278. The lowest BCUT2D eigenvalue weighted by Gasteiger charge is -2.28. The van der Waals surface area contributed by atoms with Crippen molar-refractivity contribution in [3.63, 3.8) is 0 Å². The Morgan fingerprint density at radius 3 is 2.73 bits per heavy atom. The standard InChI is InChI=1S/C10H18O5/c1-4-9(12)15-10(3,14-5-2)8-13-7-6-11/h4,11H,1,5-8H2,2-3H3. The van der Waals surface area contributed by atoms with Crippen LogP contribution in [0.3, 0.4) is 0 Å². The van der Waals surface area contributed by atoms with E-state index in [2.05, 4.69) is 6.58 Å². The van der Waals surface area contributed by atoms with Crippen molar-refractivity contribution in [3.8, 4) is 0 Å². The number of hydrogen-bond acceptors (Lipinski definition) is 5. The summed E-state index contributed by atoms with van der Waals surface area (Å²) in [7, 11) is 0. The van der Waals surface area contributed by atoms with Crippen molar-refractivity contribution >= 4 is 5.97 Å². The predicted octanol–water partition coefficient (Wildman–Crippen LogP) is 0.477. The highest BCUT2D eigenvalue weighted by atomic mass is 16.7. The molecule has 0 aromatic heterocycles. The van der Waals surface area contributed by atoms with Crippen LogP contribution < -0.4 is 0 Å². The first-order chi connectivity index (χ1) is 7.08. The summed E-state index contributed by atoms with van der Waals surface area (Å²) < 4.78 is 15.3. The number of carbonyl (C=O) groups excluding carboxylic acids is 1. The smallest absolute Gasteiger partial charge is 0.332 e. The Kier molecular flexibility index (Phi) is 6.94. The van der Waals surface area contributed by atoms with E-state index >= 15 is 0 Å². The van der Waals surface area contributed by atoms with E-state index in [0.29, 0.717) is 6.61 Å². The number of hydrogen-bond donors (Lipinski definition) is 1. The van der Waals surface area contributed by atoms with Crippen molar-refractivity contribution < 1.29 is 24.1 Å². The Morgan fingerprint density at radius 2 is 2.27 bits per heavy atom. The Bertz CT molecular complexity index is 204. The largest absolute Gasteiger partial charge is 0.428 e. The molecule has 0 aromatic rings. The summed E-state index contributed by atoms with van der Waals surface area (Å²) in [6.45, 7) is 7.22. The van der Waals surface area contributed by atoms with Crippen LogP contribution in [0.1, 0.15) is 13.8 Å². The molecule has 0 aliphatic rings. The lowest BCUT2D eigenvalue weighted by Crippen LogP contribution is -2.39. The van der Waals surface area contributed by atoms with E-state index in [1.807, 2.05) is 0 Å². The highest BCUT2D eigenvalue weighted by Gasteiger charge is 2.28. The third kappa shape index (κ3) is 6.22. The second-order valence-electron chi connectivity index (χ2n) is 2.97. The molecule has 0 rings (SSSR count). The molecule has 0 aromatic carbocycles. The Balaban J connectivity index is 4.17. The summed E-state index contributed by atoms with van der Waals surface area (Å²) >= 11 is 0. The molecule has 5 heteroatoms. The van der Waals surface area contributed by atoms with Crippen molar-refractivity contribution in [1.29, 1.82) is 0 Å². The zero-order valence-corrected chi connectivity index (χ0v) is 9.19. The van der Waals surface area contributed by atoms with Crippen molar-refractivity contribution in [2.24, 2.45) is 0 Å². The zero-order valence-electron chi connectivity index (χ0n) is 9.19. The van der Waals surface area contributed by atoms with Gasteiger partial charge in [-0.2, -0.15) is 0 Å². The number of aliphatic hydroxyl groups is 1. The SMILES string of the molecule is C=CC(=O)OC(C)(COCCO)OCC. The van der Waals surface area contributed by atoms with Gasteiger partial charge in [-0.25, -0.2) is 4.79 Å². The number of aliphatic hydroxyl groups excluding tert-OH is 1. The Morgan fingerprint density at radius 1 is 1.60 bits per heavy atom. The van der Waals surface area contributed by atoms with E-state index in [4.69, 9.17) is 19.3 Å². The van der Waals surface area contributed by atoms with Crippen LogP contribution in [0, 0.1) is 0 Å². The van der Waals surface area contributed by atoms with Gasteiger partial charge < -0.3 is 19.3 Å². The molecule has 1 N–H and O–H groups in total. The molecule has 0 spiro atoms. The van der Waals surface area contributed by atoms with Crippen molar-refractivity contribution in [3.05, 3.63) is 12.7 Å². The normalized spacial score (nSPS) is 14.3. The molecule has 0 aliphatic carbocycles. The molecule has 15 heavy (non-hydrogen) atoms. The lowest BCUT2D eigenvalue weighted by atomic mass is 10.3. The molecule has 0 heterocycles.